The largest absolute Gasteiger partial charge is 0.361 e. The lowest BCUT2D eigenvalue weighted by molar-refractivity contribution is 0.102. The number of pyridine rings is 1. The molecule has 4 aromatic rings. The van der Waals surface area contributed by atoms with Crippen LogP contribution in [0.2, 0.25) is 0 Å². The highest BCUT2D eigenvalue weighted by molar-refractivity contribution is 6.12. The van der Waals surface area contributed by atoms with Gasteiger partial charge in [-0.1, -0.05) is 18.2 Å². The number of aromatic nitrogens is 2. The minimum atomic E-state index is -0.128. The Bertz CT molecular complexity index is 988. The molecule has 0 saturated carbocycles. The van der Waals surface area contributed by atoms with Gasteiger partial charge in [0.25, 0.3) is 5.91 Å². The third-order valence-electron chi connectivity index (χ3n) is 3.69. The maximum Gasteiger partial charge on any atom is 0.257 e. The van der Waals surface area contributed by atoms with Gasteiger partial charge in [0, 0.05) is 28.9 Å². The van der Waals surface area contributed by atoms with Crippen molar-refractivity contribution in [1.82, 2.24) is 9.97 Å². The molecular weight excluding hydrogens is 274 g/mol. The van der Waals surface area contributed by atoms with Crippen LogP contribution in [0, 0.1) is 0 Å². The van der Waals surface area contributed by atoms with Gasteiger partial charge in [0.05, 0.1) is 16.6 Å². The van der Waals surface area contributed by atoms with Crippen molar-refractivity contribution >= 4 is 33.4 Å². The topological polar surface area (TPSA) is 57.8 Å². The molecule has 0 atom stereocenters. The molecule has 22 heavy (non-hydrogen) atoms. The lowest BCUT2D eigenvalue weighted by Crippen LogP contribution is -2.12. The quantitative estimate of drug-likeness (QED) is 0.586. The summed E-state index contributed by atoms with van der Waals surface area (Å²) in [5.41, 5.74) is 3.15. The normalized spacial score (nSPS) is 10.9. The highest BCUT2D eigenvalue weighted by atomic mass is 16.1. The molecule has 0 aliphatic heterocycles. The van der Waals surface area contributed by atoms with E-state index in [2.05, 4.69) is 15.3 Å². The van der Waals surface area contributed by atoms with Crippen molar-refractivity contribution < 1.29 is 4.79 Å². The molecule has 2 heterocycles. The number of nitrogens with zero attached hydrogens (tertiary/aromatic N) is 1. The zero-order chi connectivity index (χ0) is 14.9. The molecule has 2 aromatic carbocycles. The number of carbonyl (C=O) groups is 1. The molecule has 0 saturated heterocycles. The van der Waals surface area contributed by atoms with Gasteiger partial charge in [0.15, 0.2) is 0 Å². The van der Waals surface area contributed by atoms with Crippen molar-refractivity contribution in [1.29, 1.82) is 0 Å². The zero-order valence-corrected chi connectivity index (χ0v) is 11.7. The molecule has 0 aliphatic carbocycles. The van der Waals surface area contributed by atoms with E-state index >= 15 is 0 Å². The Morgan fingerprint density at radius 1 is 1.00 bits per heavy atom. The highest BCUT2D eigenvalue weighted by Gasteiger charge is 2.11. The van der Waals surface area contributed by atoms with Crippen LogP contribution in [0.5, 0.6) is 0 Å². The minimum absolute atomic E-state index is 0.128. The first-order valence-electron chi connectivity index (χ1n) is 7.03. The van der Waals surface area contributed by atoms with Gasteiger partial charge in [-0.25, -0.2) is 0 Å². The first kappa shape index (κ1) is 12.6. The van der Waals surface area contributed by atoms with Gasteiger partial charge >= 0.3 is 0 Å². The second-order valence-electron chi connectivity index (χ2n) is 5.11. The second kappa shape index (κ2) is 5.00. The van der Waals surface area contributed by atoms with E-state index < -0.39 is 0 Å². The predicted octanol–water partition coefficient (Wildman–Crippen LogP) is 3.97. The van der Waals surface area contributed by atoms with E-state index in [9.17, 15) is 4.79 Å². The lowest BCUT2D eigenvalue weighted by Gasteiger charge is -2.07. The number of rotatable bonds is 2. The van der Waals surface area contributed by atoms with Crippen LogP contribution in [-0.2, 0) is 0 Å². The average Bonchev–Trinajstić information content (AvgIpc) is 3.03. The number of para-hydroxylation sites is 1. The van der Waals surface area contributed by atoms with Crippen LogP contribution >= 0.6 is 0 Å². The molecular formula is C18H13N3O. The Morgan fingerprint density at radius 2 is 1.91 bits per heavy atom. The van der Waals surface area contributed by atoms with Gasteiger partial charge in [0.2, 0.25) is 0 Å². The van der Waals surface area contributed by atoms with E-state index in [0.717, 1.165) is 27.5 Å². The SMILES string of the molecule is O=C(Nc1ccc2ncccc2c1)c1cccc2cc[nH]c12. The summed E-state index contributed by atoms with van der Waals surface area (Å²) in [5, 5.41) is 4.97. The number of hydrogen-bond donors (Lipinski definition) is 2. The molecule has 2 aromatic heterocycles. The van der Waals surface area contributed by atoms with Crippen LogP contribution in [0.15, 0.2) is 67.0 Å². The molecule has 4 rings (SSSR count). The highest BCUT2D eigenvalue weighted by Crippen LogP contribution is 2.20. The molecule has 1 amide bonds. The fourth-order valence-corrected chi connectivity index (χ4v) is 2.63. The number of hydrogen-bond acceptors (Lipinski definition) is 2. The summed E-state index contributed by atoms with van der Waals surface area (Å²) in [6.07, 6.45) is 3.59. The van der Waals surface area contributed by atoms with Crippen LogP contribution in [0.3, 0.4) is 0 Å². The summed E-state index contributed by atoms with van der Waals surface area (Å²) >= 11 is 0. The fourth-order valence-electron chi connectivity index (χ4n) is 2.63. The first-order valence-corrected chi connectivity index (χ1v) is 7.03. The number of benzene rings is 2. The van der Waals surface area contributed by atoms with Gasteiger partial charge in [-0.05, 0) is 36.4 Å². The molecule has 0 bridgehead atoms. The van der Waals surface area contributed by atoms with E-state index in [1.54, 1.807) is 6.20 Å². The summed E-state index contributed by atoms with van der Waals surface area (Å²) in [4.78, 5) is 19.9. The van der Waals surface area contributed by atoms with Gasteiger partial charge in [0.1, 0.15) is 0 Å². The van der Waals surface area contributed by atoms with Crippen LogP contribution in [0.25, 0.3) is 21.8 Å². The van der Waals surface area contributed by atoms with Crippen molar-refractivity contribution in [3.05, 3.63) is 72.6 Å². The third kappa shape index (κ3) is 2.11. The maximum atomic E-state index is 12.5. The second-order valence-corrected chi connectivity index (χ2v) is 5.11. The number of H-pyrrole nitrogens is 1. The molecule has 4 heteroatoms. The molecule has 0 fully saturated rings. The van der Waals surface area contributed by atoms with Crippen molar-refractivity contribution in [2.75, 3.05) is 5.32 Å². The molecule has 0 spiro atoms. The van der Waals surface area contributed by atoms with Gasteiger partial charge in [-0.2, -0.15) is 0 Å². The lowest BCUT2D eigenvalue weighted by atomic mass is 10.1. The molecule has 106 valence electrons. The smallest absolute Gasteiger partial charge is 0.257 e. The van der Waals surface area contributed by atoms with Gasteiger partial charge in [-0.3, -0.25) is 9.78 Å². The molecule has 0 aliphatic rings. The number of fused-ring (bicyclic) bond motifs is 2. The molecule has 0 unspecified atom stereocenters. The summed E-state index contributed by atoms with van der Waals surface area (Å²) in [6.45, 7) is 0. The van der Waals surface area contributed by atoms with E-state index in [0.29, 0.717) is 5.56 Å². The maximum absolute atomic E-state index is 12.5. The number of aromatic amines is 1. The fraction of sp³-hybridized carbons (Fsp3) is 0. The monoisotopic (exact) mass is 287 g/mol. The van der Waals surface area contributed by atoms with E-state index in [4.69, 9.17) is 0 Å². The van der Waals surface area contributed by atoms with Crippen LogP contribution in [-0.4, -0.2) is 15.9 Å². The summed E-state index contributed by atoms with van der Waals surface area (Å²) in [7, 11) is 0. The van der Waals surface area contributed by atoms with E-state index in [1.807, 2.05) is 60.8 Å². The summed E-state index contributed by atoms with van der Waals surface area (Å²) in [5.74, 6) is -0.128. The van der Waals surface area contributed by atoms with Gasteiger partial charge < -0.3 is 10.3 Å². The average molecular weight is 287 g/mol. The zero-order valence-electron chi connectivity index (χ0n) is 11.7. The van der Waals surface area contributed by atoms with Crippen molar-refractivity contribution in [3.8, 4) is 0 Å². The number of anilines is 1. The van der Waals surface area contributed by atoms with Gasteiger partial charge in [-0.15, -0.1) is 0 Å². The molecule has 2 N–H and O–H groups in total. The van der Waals surface area contributed by atoms with Crippen molar-refractivity contribution in [3.63, 3.8) is 0 Å². The summed E-state index contributed by atoms with van der Waals surface area (Å²) in [6, 6.07) is 17.2. The van der Waals surface area contributed by atoms with Crippen molar-refractivity contribution in [2.45, 2.75) is 0 Å². The number of nitrogens with one attached hydrogen (secondary N) is 2. The number of amides is 1. The number of carbonyl (C=O) groups excluding carboxylic acids is 1. The molecule has 0 radical (unpaired) electrons. The van der Waals surface area contributed by atoms with Crippen LogP contribution in [0.1, 0.15) is 10.4 Å². The predicted molar refractivity (Wildman–Crippen MR) is 88.0 cm³/mol. The van der Waals surface area contributed by atoms with E-state index in [-0.39, 0.29) is 5.91 Å². The van der Waals surface area contributed by atoms with E-state index in [1.165, 1.54) is 0 Å². The van der Waals surface area contributed by atoms with Crippen LogP contribution < -0.4 is 5.32 Å². The van der Waals surface area contributed by atoms with Crippen LogP contribution in [0.4, 0.5) is 5.69 Å². The van der Waals surface area contributed by atoms with Crippen molar-refractivity contribution in [2.24, 2.45) is 0 Å². The minimum Gasteiger partial charge on any atom is -0.361 e. The summed E-state index contributed by atoms with van der Waals surface area (Å²) < 4.78 is 0. The standard InChI is InChI=1S/C18H13N3O/c22-18(15-5-1-3-12-8-10-20-17(12)15)21-14-6-7-16-13(11-14)4-2-9-19-16/h1-11,20H,(H,21,22). The Morgan fingerprint density at radius 3 is 2.86 bits per heavy atom. The Hall–Kier alpha value is -3.14. The first-order chi connectivity index (χ1) is 10.8. The Labute approximate surface area is 126 Å². The molecule has 4 nitrogen and oxygen atoms in total. The Kier molecular flexibility index (Phi) is 2.86. The third-order valence-corrected chi connectivity index (χ3v) is 3.69. The Balaban J connectivity index is 1.69.